The Bertz CT molecular complexity index is 433. The van der Waals surface area contributed by atoms with Crippen LogP contribution in [-0.4, -0.2) is 29.9 Å². The standard InChI is InChI=1S/C15H23N3O/c1-12-7-3-2-6-10-18(12)11-15(19)17-14-9-5-4-8-13(14)16/h4-5,8-9,12H,2-3,6-7,10-11,16H2,1H3,(H,17,19). The monoisotopic (exact) mass is 261 g/mol. The molecule has 0 saturated carbocycles. The fourth-order valence-electron chi connectivity index (χ4n) is 2.55. The van der Waals surface area contributed by atoms with E-state index in [0.717, 1.165) is 6.54 Å². The Balaban J connectivity index is 1.92. The summed E-state index contributed by atoms with van der Waals surface area (Å²) in [6, 6.07) is 7.85. The van der Waals surface area contributed by atoms with Crippen LogP contribution in [-0.2, 0) is 4.79 Å². The molecule has 4 nitrogen and oxygen atoms in total. The van der Waals surface area contributed by atoms with E-state index in [2.05, 4.69) is 17.1 Å². The van der Waals surface area contributed by atoms with Crippen LogP contribution in [0, 0.1) is 0 Å². The van der Waals surface area contributed by atoms with Gasteiger partial charge in [-0.05, 0) is 38.4 Å². The SMILES string of the molecule is CC1CCCCCN1CC(=O)Nc1ccccc1N. The number of nitrogen functional groups attached to an aromatic ring is 1. The lowest BCUT2D eigenvalue weighted by atomic mass is 10.1. The second kappa shape index (κ2) is 6.57. The second-order valence-corrected chi connectivity index (χ2v) is 5.30. The number of nitrogens with zero attached hydrogens (tertiary/aromatic N) is 1. The minimum Gasteiger partial charge on any atom is -0.397 e. The van der Waals surface area contributed by atoms with E-state index in [9.17, 15) is 4.79 Å². The molecule has 1 aromatic rings. The highest BCUT2D eigenvalue weighted by molar-refractivity contribution is 5.95. The summed E-state index contributed by atoms with van der Waals surface area (Å²) in [5, 5.41) is 2.89. The highest BCUT2D eigenvalue weighted by atomic mass is 16.2. The van der Waals surface area contributed by atoms with Gasteiger partial charge in [0, 0.05) is 6.04 Å². The molecule has 1 amide bonds. The summed E-state index contributed by atoms with van der Waals surface area (Å²) in [7, 11) is 0. The molecule has 1 aromatic carbocycles. The van der Waals surface area contributed by atoms with Gasteiger partial charge in [0.05, 0.1) is 17.9 Å². The fourth-order valence-corrected chi connectivity index (χ4v) is 2.55. The van der Waals surface area contributed by atoms with Gasteiger partial charge in [0.15, 0.2) is 0 Å². The lowest BCUT2D eigenvalue weighted by Crippen LogP contribution is -2.39. The van der Waals surface area contributed by atoms with E-state index in [1.807, 2.05) is 18.2 Å². The number of carbonyl (C=O) groups is 1. The van der Waals surface area contributed by atoms with Gasteiger partial charge < -0.3 is 11.1 Å². The van der Waals surface area contributed by atoms with Crippen LogP contribution in [0.3, 0.4) is 0 Å². The first kappa shape index (κ1) is 13.9. The molecule has 1 saturated heterocycles. The Labute approximate surface area is 115 Å². The summed E-state index contributed by atoms with van der Waals surface area (Å²) < 4.78 is 0. The maximum atomic E-state index is 12.1. The van der Waals surface area contributed by atoms with Crippen LogP contribution in [0.15, 0.2) is 24.3 Å². The van der Waals surface area contributed by atoms with Crippen LogP contribution in [0.25, 0.3) is 0 Å². The summed E-state index contributed by atoms with van der Waals surface area (Å²) in [5.41, 5.74) is 7.14. The van der Waals surface area contributed by atoms with E-state index in [-0.39, 0.29) is 5.91 Å². The van der Waals surface area contributed by atoms with Gasteiger partial charge in [-0.1, -0.05) is 25.0 Å². The summed E-state index contributed by atoms with van der Waals surface area (Å²) in [6.45, 7) is 3.67. The van der Waals surface area contributed by atoms with Gasteiger partial charge in [-0.2, -0.15) is 0 Å². The van der Waals surface area contributed by atoms with E-state index in [0.29, 0.717) is 24.0 Å². The van der Waals surface area contributed by atoms with Crippen molar-refractivity contribution >= 4 is 17.3 Å². The van der Waals surface area contributed by atoms with Gasteiger partial charge >= 0.3 is 0 Å². The van der Waals surface area contributed by atoms with Crippen molar-refractivity contribution in [2.45, 2.75) is 38.6 Å². The first-order chi connectivity index (χ1) is 9.16. The van der Waals surface area contributed by atoms with Crippen LogP contribution < -0.4 is 11.1 Å². The van der Waals surface area contributed by atoms with Crippen molar-refractivity contribution in [1.29, 1.82) is 0 Å². The van der Waals surface area contributed by atoms with Crippen molar-refractivity contribution in [3.05, 3.63) is 24.3 Å². The van der Waals surface area contributed by atoms with Crippen LogP contribution in [0.1, 0.15) is 32.6 Å². The first-order valence-corrected chi connectivity index (χ1v) is 7.05. The van der Waals surface area contributed by atoms with E-state index in [1.165, 1.54) is 25.7 Å². The molecule has 104 valence electrons. The predicted octanol–water partition coefficient (Wildman–Crippen LogP) is 2.47. The molecule has 0 aromatic heterocycles. The lowest BCUT2D eigenvalue weighted by Gasteiger charge is -2.26. The van der Waals surface area contributed by atoms with Gasteiger partial charge in [0.1, 0.15) is 0 Å². The molecule has 1 unspecified atom stereocenters. The number of para-hydroxylation sites is 2. The van der Waals surface area contributed by atoms with Crippen molar-refractivity contribution in [3.8, 4) is 0 Å². The third-order valence-corrected chi connectivity index (χ3v) is 3.77. The normalized spacial score (nSPS) is 20.8. The molecule has 4 heteroatoms. The summed E-state index contributed by atoms with van der Waals surface area (Å²) in [5.74, 6) is 0.0200. The number of anilines is 2. The quantitative estimate of drug-likeness (QED) is 0.822. The summed E-state index contributed by atoms with van der Waals surface area (Å²) in [4.78, 5) is 14.3. The van der Waals surface area contributed by atoms with Crippen LogP contribution >= 0.6 is 0 Å². The smallest absolute Gasteiger partial charge is 0.238 e. The molecule has 0 bridgehead atoms. The van der Waals surface area contributed by atoms with Crippen LogP contribution in [0.5, 0.6) is 0 Å². The van der Waals surface area contributed by atoms with Crippen molar-refractivity contribution < 1.29 is 4.79 Å². The Morgan fingerprint density at radius 3 is 2.95 bits per heavy atom. The minimum atomic E-state index is 0.0200. The molecule has 0 radical (unpaired) electrons. The molecule has 1 aliphatic heterocycles. The molecular formula is C15H23N3O. The molecule has 3 N–H and O–H groups in total. The first-order valence-electron chi connectivity index (χ1n) is 7.05. The van der Waals surface area contributed by atoms with Crippen molar-refractivity contribution in [2.75, 3.05) is 24.1 Å². The van der Waals surface area contributed by atoms with E-state index < -0.39 is 0 Å². The Hall–Kier alpha value is -1.55. The maximum absolute atomic E-state index is 12.1. The molecule has 0 aliphatic carbocycles. The number of rotatable bonds is 3. The lowest BCUT2D eigenvalue weighted by molar-refractivity contribution is -0.117. The maximum Gasteiger partial charge on any atom is 0.238 e. The Kier molecular flexibility index (Phi) is 4.80. The van der Waals surface area contributed by atoms with E-state index in [1.54, 1.807) is 6.07 Å². The number of carbonyl (C=O) groups excluding carboxylic acids is 1. The number of hydrogen-bond donors (Lipinski definition) is 2. The second-order valence-electron chi connectivity index (χ2n) is 5.30. The molecular weight excluding hydrogens is 238 g/mol. The number of hydrogen-bond acceptors (Lipinski definition) is 3. The minimum absolute atomic E-state index is 0.0200. The van der Waals surface area contributed by atoms with Gasteiger partial charge in [-0.3, -0.25) is 9.69 Å². The molecule has 2 rings (SSSR count). The van der Waals surface area contributed by atoms with Crippen LogP contribution in [0.2, 0.25) is 0 Å². The summed E-state index contributed by atoms with van der Waals surface area (Å²) in [6.07, 6.45) is 4.91. The highest BCUT2D eigenvalue weighted by Crippen LogP contribution is 2.18. The van der Waals surface area contributed by atoms with Gasteiger partial charge in [-0.25, -0.2) is 0 Å². The molecule has 1 atom stereocenters. The zero-order valence-corrected chi connectivity index (χ0v) is 11.6. The number of benzene rings is 1. The van der Waals surface area contributed by atoms with Gasteiger partial charge in [0.2, 0.25) is 5.91 Å². The largest absolute Gasteiger partial charge is 0.397 e. The number of amides is 1. The Morgan fingerprint density at radius 1 is 1.37 bits per heavy atom. The van der Waals surface area contributed by atoms with Crippen LogP contribution in [0.4, 0.5) is 11.4 Å². The Morgan fingerprint density at radius 2 is 2.16 bits per heavy atom. The van der Waals surface area contributed by atoms with Gasteiger partial charge in [0.25, 0.3) is 0 Å². The van der Waals surface area contributed by atoms with Crippen molar-refractivity contribution in [2.24, 2.45) is 0 Å². The molecule has 1 fully saturated rings. The van der Waals surface area contributed by atoms with E-state index in [4.69, 9.17) is 5.73 Å². The van der Waals surface area contributed by atoms with Crippen molar-refractivity contribution in [3.63, 3.8) is 0 Å². The summed E-state index contributed by atoms with van der Waals surface area (Å²) >= 11 is 0. The molecule has 1 aliphatic rings. The average Bonchev–Trinajstić information content (AvgIpc) is 2.58. The number of likely N-dealkylation sites (tertiary alicyclic amines) is 1. The van der Waals surface area contributed by atoms with Gasteiger partial charge in [-0.15, -0.1) is 0 Å². The zero-order chi connectivity index (χ0) is 13.7. The molecule has 0 spiro atoms. The van der Waals surface area contributed by atoms with Crippen molar-refractivity contribution in [1.82, 2.24) is 4.90 Å². The third-order valence-electron chi connectivity index (χ3n) is 3.77. The average molecular weight is 261 g/mol. The van der Waals surface area contributed by atoms with E-state index >= 15 is 0 Å². The highest BCUT2D eigenvalue weighted by Gasteiger charge is 2.19. The predicted molar refractivity (Wildman–Crippen MR) is 79.0 cm³/mol. The fraction of sp³-hybridized carbons (Fsp3) is 0.533. The number of nitrogens with two attached hydrogens (primary N) is 1. The number of nitrogens with one attached hydrogen (secondary N) is 1. The molecule has 19 heavy (non-hydrogen) atoms. The third kappa shape index (κ3) is 3.96. The molecule has 1 heterocycles. The topological polar surface area (TPSA) is 58.4 Å². The zero-order valence-electron chi connectivity index (χ0n) is 11.6.